The Morgan fingerprint density at radius 3 is 2.23 bits per heavy atom. The van der Waals surface area contributed by atoms with Crippen LogP contribution in [0.2, 0.25) is 0 Å². The Morgan fingerprint density at radius 1 is 1.23 bits per heavy atom. The summed E-state index contributed by atoms with van der Waals surface area (Å²) < 4.78 is 10.8. The summed E-state index contributed by atoms with van der Waals surface area (Å²) in [5.74, 6) is -0.479. The van der Waals surface area contributed by atoms with Crippen LogP contribution in [0.3, 0.4) is 0 Å². The van der Waals surface area contributed by atoms with Crippen molar-refractivity contribution < 1.29 is 19.4 Å². The number of allylic oxidation sites excluding steroid dienone is 1. The smallest absolute Gasteiger partial charge is 0.337 e. The van der Waals surface area contributed by atoms with Gasteiger partial charge in [0.15, 0.2) is 11.5 Å². The van der Waals surface area contributed by atoms with Gasteiger partial charge in [-0.2, -0.15) is 10.5 Å². The first kappa shape index (κ1) is 16.9. The van der Waals surface area contributed by atoms with Crippen molar-refractivity contribution in [2.24, 2.45) is 0 Å². The molecule has 0 aliphatic rings. The molecule has 0 saturated carbocycles. The number of carboxylic acid groups (broad SMARTS) is 1. The van der Waals surface area contributed by atoms with Crippen LogP contribution in [0.5, 0.6) is 11.5 Å². The van der Waals surface area contributed by atoms with Crippen molar-refractivity contribution in [3.63, 3.8) is 0 Å². The number of hydrogen-bond acceptors (Lipinski definition) is 6. The summed E-state index contributed by atoms with van der Waals surface area (Å²) in [4.78, 5) is 11.3. The highest BCUT2D eigenvalue weighted by molar-refractivity contribution is 5.95. The molecule has 2 N–H and O–H groups in total. The van der Waals surface area contributed by atoms with Crippen LogP contribution in [0.1, 0.15) is 24.2 Å². The molecular weight excluding hydrogens is 286 g/mol. The van der Waals surface area contributed by atoms with Crippen molar-refractivity contribution in [3.8, 4) is 23.6 Å². The van der Waals surface area contributed by atoms with E-state index in [0.29, 0.717) is 24.7 Å². The third-order valence-electron chi connectivity index (χ3n) is 2.53. The number of nitriles is 2. The number of hydrogen-bond donors (Lipinski definition) is 2. The van der Waals surface area contributed by atoms with Gasteiger partial charge in [0.1, 0.15) is 17.7 Å². The molecule has 0 amide bonds. The molecule has 22 heavy (non-hydrogen) atoms. The van der Waals surface area contributed by atoms with Gasteiger partial charge in [0.05, 0.1) is 24.5 Å². The number of anilines is 1. The van der Waals surface area contributed by atoms with Crippen LogP contribution >= 0.6 is 0 Å². The molecule has 1 aromatic carbocycles. The number of nitrogens with one attached hydrogen (secondary N) is 1. The predicted octanol–water partition coefficient (Wildman–Crippen LogP) is 2.53. The lowest BCUT2D eigenvalue weighted by Crippen LogP contribution is -2.06. The first-order valence-corrected chi connectivity index (χ1v) is 6.51. The fourth-order valence-corrected chi connectivity index (χ4v) is 1.63. The third kappa shape index (κ3) is 4.15. The van der Waals surface area contributed by atoms with E-state index in [0.717, 1.165) is 6.20 Å². The molecule has 0 saturated heterocycles. The predicted molar refractivity (Wildman–Crippen MR) is 78.7 cm³/mol. The highest BCUT2D eigenvalue weighted by Gasteiger charge is 2.16. The van der Waals surface area contributed by atoms with Crippen molar-refractivity contribution in [2.45, 2.75) is 13.8 Å². The molecule has 0 radical (unpaired) electrons. The number of aromatic carboxylic acids is 1. The number of carboxylic acids is 1. The van der Waals surface area contributed by atoms with Crippen LogP contribution in [0, 0.1) is 22.7 Å². The minimum atomic E-state index is -1.17. The lowest BCUT2D eigenvalue weighted by molar-refractivity contribution is 0.0697. The van der Waals surface area contributed by atoms with Gasteiger partial charge in [-0.05, 0) is 13.8 Å². The van der Waals surface area contributed by atoms with E-state index in [1.807, 2.05) is 0 Å². The van der Waals surface area contributed by atoms with Gasteiger partial charge in [-0.15, -0.1) is 0 Å². The number of benzene rings is 1. The van der Waals surface area contributed by atoms with Crippen molar-refractivity contribution in [2.75, 3.05) is 18.5 Å². The van der Waals surface area contributed by atoms with Crippen LogP contribution in [-0.2, 0) is 0 Å². The molecule has 7 nitrogen and oxygen atoms in total. The van der Waals surface area contributed by atoms with Gasteiger partial charge in [0.25, 0.3) is 0 Å². The third-order valence-corrected chi connectivity index (χ3v) is 2.53. The highest BCUT2D eigenvalue weighted by atomic mass is 16.5. The molecule has 0 atom stereocenters. The lowest BCUT2D eigenvalue weighted by Gasteiger charge is -2.14. The van der Waals surface area contributed by atoms with Crippen LogP contribution in [0.4, 0.5) is 5.69 Å². The van der Waals surface area contributed by atoms with E-state index in [-0.39, 0.29) is 16.8 Å². The quantitative estimate of drug-likeness (QED) is 0.743. The molecule has 114 valence electrons. The van der Waals surface area contributed by atoms with E-state index in [1.54, 1.807) is 26.0 Å². The Hall–Kier alpha value is -3.19. The number of ether oxygens (including phenoxy) is 2. The number of carbonyl (C=O) groups is 1. The zero-order chi connectivity index (χ0) is 16.5. The molecular formula is C15H15N3O4. The summed E-state index contributed by atoms with van der Waals surface area (Å²) in [6, 6.07) is 6.15. The van der Waals surface area contributed by atoms with Crippen LogP contribution < -0.4 is 14.8 Å². The van der Waals surface area contributed by atoms with E-state index in [2.05, 4.69) is 5.32 Å². The summed E-state index contributed by atoms with van der Waals surface area (Å²) in [5, 5.41) is 29.3. The van der Waals surface area contributed by atoms with E-state index < -0.39 is 5.97 Å². The van der Waals surface area contributed by atoms with Crippen molar-refractivity contribution in [1.29, 1.82) is 10.5 Å². The summed E-state index contributed by atoms with van der Waals surface area (Å²) >= 11 is 0. The summed E-state index contributed by atoms with van der Waals surface area (Å²) in [5.41, 5.74) is -0.0380. The van der Waals surface area contributed by atoms with Gasteiger partial charge in [-0.1, -0.05) is 0 Å². The maximum absolute atomic E-state index is 11.3. The second-order valence-corrected chi connectivity index (χ2v) is 3.94. The average Bonchev–Trinajstić information content (AvgIpc) is 2.50. The number of nitrogens with zero attached hydrogens (tertiary/aromatic N) is 2. The molecule has 1 rings (SSSR count). The highest BCUT2D eigenvalue weighted by Crippen LogP contribution is 2.34. The van der Waals surface area contributed by atoms with E-state index >= 15 is 0 Å². The maximum atomic E-state index is 11.3. The van der Waals surface area contributed by atoms with Crippen molar-refractivity contribution in [1.82, 2.24) is 0 Å². The standard InChI is InChI=1S/C15H15N3O4/c1-3-21-13-5-11(15(19)20)12(6-14(13)22-4-2)18-9-10(7-16)8-17/h5-6,9,18H,3-4H2,1-2H3,(H,19,20). The van der Waals surface area contributed by atoms with Crippen molar-refractivity contribution >= 4 is 11.7 Å². The molecule has 0 aliphatic heterocycles. The van der Waals surface area contributed by atoms with Gasteiger partial charge >= 0.3 is 5.97 Å². The second-order valence-electron chi connectivity index (χ2n) is 3.94. The van der Waals surface area contributed by atoms with Gasteiger partial charge < -0.3 is 19.9 Å². The van der Waals surface area contributed by atoms with Gasteiger partial charge in [-0.3, -0.25) is 0 Å². The Morgan fingerprint density at radius 2 is 1.77 bits per heavy atom. The first-order valence-electron chi connectivity index (χ1n) is 6.51. The van der Waals surface area contributed by atoms with E-state index in [1.165, 1.54) is 12.1 Å². The van der Waals surface area contributed by atoms with Crippen LogP contribution in [-0.4, -0.2) is 24.3 Å². The van der Waals surface area contributed by atoms with Gasteiger partial charge in [-0.25, -0.2) is 4.79 Å². The Bertz CT molecular complexity index is 653. The largest absolute Gasteiger partial charge is 0.490 e. The zero-order valence-corrected chi connectivity index (χ0v) is 12.2. The first-order chi connectivity index (χ1) is 10.6. The van der Waals surface area contributed by atoms with Gasteiger partial charge in [0.2, 0.25) is 0 Å². The van der Waals surface area contributed by atoms with E-state index in [4.69, 9.17) is 20.0 Å². The minimum absolute atomic E-state index is 0.0571. The normalized spacial score (nSPS) is 9.09. The molecule has 7 heteroatoms. The molecule has 0 aliphatic carbocycles. The van der Waals surface area contributed by atoms with Gasteiger partial charge in [0, 0.05) is 18.3 Å². The molecule has 0 fully saturated rings. The van der Waals surface area contributed by atoms with Crippen LogP contribution in [0.25, 0.3) is 0 Å². The summed E-state index contributed by atoms with van der Waals surface area (Å²) in [6.45, 7) is 4.30. The molecule has 0 bridgehead atoms. The van der Waals surface area contributed by atoms with Crippen molar-refractivity contribution in [3.05, 3.63) is 29.5 Å². The monoisotopic (exact) mass is 301 g/mol. The Balaban J connectivity index is 3.32. The average molecular weight is 301 g/mol. The van der Waals surface area contributed by atoms with E-state index in [9.17, 15) is 9.90 Å². The molecule has 0 spiro atoms. The topological polar surface area (TPSA) is 115 Å². The zero-order valence-electron chi connectivity index (χ0n) is 12.2. The summed E-state index contributed by atoms with van der Waals surface area (Å²) in [7, 11) is 0. The molecule has 0 unspecified atom stereocenters. The van der Waals surface area contributed by atoms with Crippen LogP contribution in [0.15, 0.2) is 23.9 Å². The molecule has 0 heterocycles. The lowest BCUT2D eigenvalue weighted by atomic mass is 10.1. The summed E-state index contributed by atoms with van der Waals surface area (Å²) in [6.07, 6.45) is 1.14. The molecule has 0 aromatic heterocycles. The SMILES string of the molecule is CCOc1cc(NC=C(C#N)C#N)c(C(=O)O)cc1OCC. The number of rotatable bonds is 7. The molecule has 1 aromatic rings. The fourth-order valence-electron chi connectivity index (χ4n) is 1.63. The second kappa shape index (κ2) is 8.18. The Labute approximate surface area is 128 Å². The Kier molecular flexibility index (Phi) is 6.27. The minimum Gasteiger partial charge on any atom is -0.490 e. The maximum Gasteiger partial charge on any atom is 0.337 e. The fraction of sp³-hybridized carbons (Fsp3) is 0.267.